The lowest BCUT2D eigenvalue weighted by atomic mass is 10.3. The molecule has 0 aliphatic heterocycles. The van der Waals surface area contributed by atoms with Crippen LogP contribution in [0.1, 0.15) is 5.82 Å². The van der Waals surface area contributed by atoms with E-state index in [0.29, 0.717) is 11.5 Å². The molecule has 0 fully saturated rings. The molecule has 1 aromatic carbocycles. The Balaban J connectivity index is 2.53. The summed E-state index contributed by atoms with van der Waals surface area (Å²) in [5, 5.41) is 7.68. The average molecular weight is 242 g/mol. The van der Waals surface area contributed by atoms with Crippen LogP contribution >= 0.6 is 11.6 Å². The van der Waals surface area contributed by atoms with E-state index in [4.69, 9.17) is 16.3 Å². The van der Waals surface area contributed by atoms with Crippen LogP contribution in [-0.4, -0.2) is 21.9 Å². The van der Waals surface area contributed by atoms with Crippen LogP contribution < -0.4 is 4.74 Å². The maximum atomic E-state index is 13.5. The van der Waals surface area contributed by atoms with Gasteiger partial charge in [0.05, 0.1) is 12.8 Å². The van der Waals surface area contributed by atoms with Crippen LogP contribution in [-0.2, 0) is 0 Å². The molecule has 16 heavy (non-hydrogen) atoms. The Morgan fingerprint density at radius 3 is 2.62 bits per heavy atom. The van der Waals surface area contributed by atoms with Crippen molar-refractivity contribution in [3.05, 3.63) is 35.1 Å². The Labute approximate surface area is 96.6 Å². The van der Waals surface area contributed by atoms with Crippen LogP contribution in [0.4, 0.5) is 4.39 Å². The molecular formula is C10H9ClFN3O. The first-order chi connectivity index (χ1) is 7.63. The third kappa shape index (κ3) is 1.74. The Morgan fingerprint density at radius 2 is 2.12 bits per heavy atom. The Hall–Kier alpha value is -1.62. The number of hydrogen-bond donors (Lipinski definition) is 0. The van der Waals surface area contributed by atoms with Crippen molar-refractivity contribution < 1.29 is 9.13 Å². The molecule has 6 heteroatoms. The number of hydrogen-bond acceptors (Lipinski definition) is 3. The van der Waals surface area contributed by atoms with Crippen LogP contribution in [0.5, 0.6) is 5.75 Å². The highest BCUT2D eigenvalue weighted by atomic mass is 35.5. The molecular weight excluding hydrogens is 233 g/mol. The van der Waals surface area contributed by atoms with Gasteiger partial charge in [0.15, 0.2) is 11.6 Å². The Bertz CT molecular complexity index is 507. The summed E-state index contributed by atoms with van der Waals surface area (Å²) in [4.78, 5) is 0. The van der Waals surface area contributed by atoms with Crippen molar-refractivity contribution in [1.82, 2.24) is 14.8 Å². The maximum Gasteiger partial charge on any atom is 0.229 e. The summed E-state index contributed by atoms with van der Waals surface area (Å²) in [5.41, 5.74) is 0.561. The molecule has 0 saturated carbocycles. The second-order valence-corrected chi connectivity index (χ2v) is 3.51. The van der Waals surface area contributed by atoms with Gasteiger partial charge in [0.2, 0.25) is 5.28 Å². The van der Waals surface area contributed by atoms with E-state index in [9.17, 15) is 4.39 Å². The van der Waals surface area contributed by atoms with E-state index in [1.165, 1.54) is 19.2 Å². The number of halogens is 2. The first-order valence-electron chi connectivity index (χ1n) is 4.55. The zero-order valence-electron chi connectivity index (χ0n) is 8.74. The smallest absolute Gasteiger partial charge is 0.229 e. The van der Waals surface area contributed by atoms with E-state index >= 15 is 0 Å². The van der Waals surface area contributed by atoms with E-state index in [2.05, 4.69) is 10.2 Å². The van der Waals surface area contributed by atoms with Crippen LogP contribution in [0.25, 0.3) is 5.69 Å². The highest BCUT2D eigenvalue weighted by Crippen LogP contribution is 2.22. The number of aryl methyl sites for hydroxylation is 1. The van der Waals surface area contributed by atoms with Crippen molar-refractivity contribution in [2.45, 2.75) is 6.92 Å². The Morgan fingerprint density at radius 1 is 1.38 bits per heavy atom. The van der Waals surface area contributed by atoms with Gasteiger partial charge < -0.3 is 4.74 Å². The minimum atomic E-state index is -0.454. The highest BCUT2D eigenvalue weighted by molar-refractivity contribution is 6.28. The minimum absolute atomic E-state index is 0.186. The van der Waals surface area contributed by atoms with Gasteiger partial charge in [0.1, 0.15) is 5.82 Å². The summed E-state index contributed by atoms with van der Waals surface area (Å²) in [7, 11) is 1.41. The SMILES string of the molecule is COc1ccc(-n2c(C)nnc2Cl)cc1F. The van der Waals surface area contributed by atoms with E-state index in [1.807, 2.05) is 0 Å². The van der Waals surface area contributed by atoms with Crippen LogP contribution in [0.15, 0.2) is 18.2 Å². The zero-order valence-corrected chi connectivity index (χ0v) is 9.49. The third-order valence-electron chi connectivity index (χ3n) is 2.18. The van der Waals surface area contributed by atoms with Gasteiger partial charge in [-0.05, 0) is 30.7 Å². The van der Waals surface area contributed by atoms with Gasteiger partial charge in [-0.25, -0.2) is 4.39 Å². The zero-order chi connectivity index (χ0) is 11.7. The first kappa shape index (κ1) is 10.9. The maximum absolute atomic E-state index is 13.5. The van der Waals surface area contributed by atoms with E-state index in [-0.39, 0.29) is 11.0 Å². The summed E-state index contributed by atoms with van der Waals surface area (Å²) in [6.45, 7) is 1.74. The molecule has 84 valence electrons. The van der Waals surface area contributed by atoms with Gasteiger partial charge >= 0.3 is 0 Å². The highest BCUT2D eigenvalue weighted by Gasteiger charge is 2.11. The molecule has 0 aliphatic carbocycles. The predicted octanol–water partition coefficient (Wildman–Crippen LogP) is 2.38. The van der Waals surface area contributed by atoms with Crippen LogP contribution in [0.2, 0.25) is 5.28 Å². The van der Waals surface area contributed by atoms with Crippen molar-refractivity contribution in [2.75, 3.05) is 7.11 Å². The largest absolute Gasteiger partial charge is 0.494 e. The fraction of sp³-hybridized carbons (Fsp3) is 0.200. The lowest BCUT2D eigenvalue weighted by molar-refractivity contribution is 0.386. The summed E-state index contributed by atoms with van der Waals surface area (Å²) in [6.07, 6.45) is 0. The molecule has 0 aliphatic rings. The van der Waals surface area contributed by atoms with Crippen molar-refractivity contribution >= 4 is 11.6 Å². The van der Waals surface area contributed by atoms with Gasteiger partial charge in [-0.15, -0.1) is 10.2 Å². The number of benzene rings is 1. The molecule has 1 heterocycles. The molecule has 1 aromatic heterocycles. The fourth-order valence-electron chi connectivity index (χ4n) is 1.42. The molecule has 0 radical (unpaired) electrons. The quantitative estimate of drug-likeness (QED) is 0.811. The predicted molar refractivity (Wildman–Crippen MR) is 57.6 cm³/mol. The van der Waals surface area contributed by atoms with Crippen molar-refractivity contribution in [3.63, 3.8) is 0 Å². The minimum Gasteiger partial charge on any atom is -0.494 e. The summed E-state index contributed by atoms with van der Waals surface area (Å²) < 4.78 is 19.9. The van der Waals surface area contributed by atoms with Gasteiger partial charge in [-0.2, -0.15) is 0 Å². The number of ether oxygens (including phenoxy) is 1. The molecule has 0 unspecified atom stereocenters. The van der Waals surface area contributed by atoms with Gasteiger partial charge in [0, 0.05) is 6.07 Å². The molecule has 4 nitrogen and oxygen atoms in total. The molecule has 0 amide bonds. The molecule has 2 rings (SSSR count). The topological polar surface area (TPSA) is 39.9 Å². The monoisotopic (exact) mass is 241 g/mol. The average Bonchev–Trinajstić information content (AvgIpc) is 2.58. The second-order valence-electron chi connectivity index (χ2n) is 3.17. The van der Waals surface area contributed by atoms with Gasteiger partial charge in [-0.1, -0.05) is 0 Å². The summed E-state index contributed by atoms with van der Waals surface area (Å²) >= 11 is 5.84. The standard InChI is InChI=1S/C10H9ClFN3O/c1-6-13-14-10(11)15(6)7-3-4-9(16-2)8(12)5-7/h3-5H,1-2H3. The number of methoxy groups -OCH3 is 1. The first-order valence-corrected chi connectivity index (χ1v) is 4.92. The lowest BCUT2D eigenvalue weighted by Gasteiger charge is -2.07. The summed E-state index contributed by atoms with van der Waals surface area (Å²) in [6, 6.07) is 4.53. The van der Waals surface area contributed by atoms with Crippen molar-refractivity contribution in [3.8, 4) is 11.4 Å². The lowest BCUT2D eigenvalue weighted by Crippen LogP contribution is -1.98. The van der Waals surface area contributed by atoms with Crippen molar-refractivity contribution in [2.24, 2.45) is 0 Å². The Kier molecular flexibility index (Phi) is 2.78. The normalized spacial score (nSPS) is 10.5. The van der Waals surface area contributed by atoms with E-state index in [1.54, 1.807) is 17.6 Å². The molecule has 0 atom stereocenters. The molecule has 0 N–H and O–H groups in total. The van der Waals surface area contributed by atoms with Gasteiger partial charge in [-0.3, -0.25) is 4.57 Å². The number of rotatable bonds is 2. The molecule has 0 spiro atoms. The fourth-order valence-corrected chi connectivity index (χ4v) is 1.68. The number of aromatic nitrogens is 3. The van der Waals surface area contributed by atoms with Gasteiger partial charge in [0.25, 0.3) is 0 Å². The molecule has 2 aromatic rings. The van der Waals surface area contributed by atoms with E-state index in [0.717, 1.165) is 0 Å². The van der Waals surface area contributed by atoms with Crippen LogP contribution in [0.3, 0.4) is 0 Å². The molecule has 0 saturated heterocycles. The van der Waals surface area contributed by atoms with Crippen molar-refractivity contribution in [1.29, 1.82) is 0 Å². The summed E-state index contributed by atoms with van der Waals surface area (Å²) in [5.74, 6) is 0.323. The van der Waals surface area contributed by atoms with Crippen LogP contribution in [0, 0.1) is 12.7 Å². The van der Waals surface area contributed by atoms with E-state index < -0.39 is 5.82 Å². The second kappa shape index (κ2) is 4.09. The number of nitrogens with zero attached hydrogens (tertiary/aromatic N) is 3. The third-order valence-corrected chi connectivity index (χ3v) is 2.42. The molecule has 0 bridgehead atoms.